The molecule has 1 unspecified atom stereocenters. The summed E-state index contributed by atoms with van der Waals surface area (Å²) in [5, 5.41) is 9.96. The van der Waals surface area contributed by atoms with E-state index < -0.39 is 11.6 Å². The van der Waals surface area contributed by atoms with Gasteiger partial charge in [0.15, 0.2) is 5.60 Å². The largest absolute Gasteiger partial charge is 0.508 e. The van der Waals surface area contributed by atoms with E-state index in [0.29, 0.717) is 39.7 Å². The number of aromatic hydroxyl groups is 1. The Bertz CT molecular complexity index is 1160. The molecule has 0 saturated carbocycles. The Kier molecular flexibility index (Phi) is 3.31. The van der Waals surface area contributed by atoms with E-state index in [4.69, 9.17) is 14.2 Å². The molecule has 2 heterocycles. The van der Waals surface area contributed by atoms with E-state index in [1.54, 1.807) is 43.3 Å². The minimum absolute atomic E-state index is 0.0595. The number of carbonyl (C=O) groups is 1. The number of ether oxygens (including phenoxy) is 3. The maximum absolute atomic E-state index is 12.7. The van der Waals surface area contributed by atoms with Crippen molar-refractivity contribution in [2.24, 2.45) is 0 Å². The number of allylic oxidation sites excluding steroid dienone is 1. The second-order valence-corrected chi connectivity index (χ2v) is 6.86. The predicted molar refractivity (Wildman–Crippen MR) is 102 cm³/mol. The third kappa shape index (κ3) is 2.16. The van der Waals surface area contributed by atoms with Crippen LogP contribution in [0, 0.1) is 0 Å². The van der Waals surface area contributed by atoms with Gasteiger partial charge in [-0.2, -0.15) is 0 Å². The minimum Gasteiger partial charge on any atom is -0.508 e. The van der Waals surface area contributed by atoms with E-state index in [0.717, 1.165) is 5.56 Å². The number of hydrogen-bond acceptors (Lipinski definition) is 5. The molecule has 5 heteroatoms. The van der Waals surface area contributed by atoms with Crippen LogP contribution in [0.4, 0.5) is 0 Å². The summed E-state index contributed by atoms with van der Waals surface area (Å²) in [6.45, 7) is 5.51. The highest BCUT2D eigenvalue weighted by Crippen LogP contribution is 2.56. The van der Waals surface area contributed by atoms with Crippen molar-refractivity contribution in [3.8, 4) is 23.0 Å². The van der Waals surface area contributed by atoms with Crippen LogP contribution in [0.2, 0.25) is 0 Å². The second kappa shape index (κ2) is 5.63. The first-order valence-electron chi connectivity index (χ1n) is 8.81. The molecule has 1 spiro atoms. The minimum atomic E-state index is -1.15. The summed E-state index contributed by atoms with van der Waals surface area (Å²) in [6.07, 6.45) is 0. The Morgan fingerprint density at radius 3 is 2.50 bits per heavy atom. The number of hydrogen-bond donors (Lipinski definition) is 1. The number of phenols is 1. The first-order valence-corrected chi connectivity index (χ1v) is 8.81. The van der Waals surface area contributed by atoms with Crippen molar-refractivity contribution >= 4 is 5.97 Å². The summed E-state index contributed by atoms with van der Waals surface area (Å²) < 4.78 is 17.7. The molecule has 0 aliphatic carbocycles. The highest BCUT2D eigenvalue weighted by molar-refractivity contribution is 5.97. The zero-order chi connectivity index (χ0) is 19.5. The standard InChI is InChI=1S/C23H16O5/c1-13(2)26-15-8-10-19-21(12-15)27-20-11-14(24)7-9-18(20)23(19)17-6-4-3-5-16(17)22(25)28-23/h3-12,24H,1H2,2H3. The molecule has 2 aliphatic heterocycles. The summed E-state index contributed by atoms with van der Waals surface area (Å²) in [7, 11) is 0. The lowest BCUT2D eigenvalue weighted by Gasteiger charge is -2.36. The maximum Gasteiger partial charge on any atom is 0.340 e. The molecule has 0 amide bonds. The fourth-order valence-electron chi connectivity index (χ4n) is 3.91. The summed E-state index contributed by atoms with van der Waals surface area (Å²) in [6, 6.07) is 17.5. The van der Waals surface area contributed by atoms with Crippen molar-refractivity contribution in [1.82, 2.24) is 0 Å². The van der Waals surface area contributed by atoms with Gasteiger partial charge in [0.25, 0.3) is 0 Å². The van der Waals surface area contributed by atoms with Gasteiger partial charge >= 0.3 is 5.97 Å². The fraction of sp³-hybridized carbons (Fsp3) is 0.0870. The monoisotopic (exact) mass is 372 g/mol. The van der Waals surface area contributed by atoms with Gasteiger partial charge < -0.3 is 19.3 Å². The SMILES string of the molecule is C=C(C)Oc1ccc2c(c1)Oc1cc(O)ccc1C21OC(=O)c2ccccc21. The number of fused-ring (bicyclic) bond motifs is 6. The van der Waals surface area contributed by atoms with Crippen LogP contribution in [0.15, 0.2) is 73.0 Å². The molecule has 0 aromatic heterocycles. The number of benzene rings is 3. The van der Waals surface area contributed by atoms with E-state index in [-0.39, 0.29) is 5.75 Å². The van der Waals surface area contributed by atoms with Gasteiger partial charge in [-0.05, 0) is 37.3 Å². The van der Waals surface area contributed by atoms with Gasteiger partial charge in [0.05, 0.1) is 11.3 Å². The maximum atomic E-state index is 12.7. The fourth-order valence-corrected chi connectivity index (χ4v) is 3.91. The molecule has 0 fully saturated rings. The Hall–Kier alpha value is -3.73. The van der Waals surface area contributed by atoms with Gasteiger partial charge in [-0.1, -0.05) is 24.8 Å². The third-order valence-electron chi connectivity index (χ3n) is 4.96. The lowest BCUT2D eigenvalue weighted by atomic mass is 9.77. The number of esters is 1. The molecule has 3 aromatic rings. The Morgan fingerprint density at radius 2 is 1.71 bits per heavy atom. The summed E-state index contributed by atoms with van der Waals surface area (Å²) in [5.41, 5.74) is 1.45. The lowest BCUT2D eigenvalue weighted by Crippen LogP contribution is -2.32. The first-order chi connectivity index (χ1) is 13.5. The van der Waals surface area contributed by atoms with E-state index in [1.165, 1.54) is 6.07 Å². The van der Waals surface area contributed by atoms with Crippen LogP contribution in [-0.2, 0) is 10.3 Å². The molecule has 0 saturated heterocycles. The Balaban J connectivity index is 1.81. The highest BCUT2D eigenvalue weighted by Gasteiger charge is 2.53. The van der Waals surface area contributed by atoms with Crippen LogP contribution >= 0.6 is 0 Å². The molecule has 0 bridgehead atoms. The third-order valence-corrected chi connectivity index (χ3v) is 4.96. The molecule has 2 aliphatic rings. The highest BCUT2D eigenvalue weighted by atomic mass is 16.6. The number of carbonyl (C=O) groups excluding carboxylic acids is 1. The smallest absolute Gasteiger partial charge is 0.340 e. The quantitative estimate of drug-likeness (QED) is 0.513. The predicted octanol–water partition coefficient (Wildman–Crippen LogP) is 4.87. The average molecular weight is 372 g/mol. The zero-order valence-electron chi connectivity index (χ0n) is 15.1. The first kappa shape index (κ1) is 16.4. The molecule has 1 N–H and O–H groups in total. The number of rotatable bonds is 2. The topological polar surface area (TPSA) is 65.0 Å². The van der Waals surface area contributed by atoms with Crippen LogP contribution in [-0.4, -0.2) is 11.1 Å². The van der Waals surface area contributed by atoms with Gasteiger partial charge in [-0.25, -0.2) is 4.79 Å². The Labute approximate surface area is 161 Å². The zero-order valence-corrected chi connectivity index (χ0v) is 15.1. The summed E-state index contributed by atoms with van der Waals surface area (Å²) in [5.74, 6) is 1.67. The molecule has 1 atom stereocenters. The van der Waals surface area contributed by atoms with Crippen molar-refractivity contribution < 1.29 is 24.1 Å². The van der Waals surface area contributed by atoms with Crippen LogP contribution in [0.1, 0.15) is 34.0 Å². The van der Waals surface area contributed by atoms with E-state index in [2.05, 4.69) is 6.58 Å². The molecule has 3 aromatic carbocycles. The molecule has 0 radical (unpaired) electrons. The van der Waals surface area contributed by atoms with Gasteiger partial charge in [-0.15, -0.1) is 0 Å². The van der Waals surface area contributed by atoms with Gasteiger partial charge in [0.1, 0.15) is 23.0 Å². The average Bonchev–Trinajstić information content (AvgIpc) is 2.95. The van der Waals surface area contributed by atoms with Crippen LogP contribution in [0.5, 0.6) is 23.0 Å². The Morgan fingerprint density at radius 1 is 1.00 bits per heavy atom. The molecular formula is C23H16O5. The summed E-state index contributed by atoms with van der Waals surface area (Å²) in [4.78, 5) is 12.7. The van der Waals surface area contributed by atoms with Crippen molar-refractivity contribution in [3.63, 3.8) is 0 Å². The van der Waals surface area contributed by atoms with Crippen molar-refractivity contribution in [3.05, 3.63) is 95.3 Å². The van der Waals surface area contributed by atoms with E-state index >= 15 is 0 Å². The van der Waals surface area contributed by atoms with Crippen LogP contribution in [0.25, 0.3) is 0 Å². The molecule has 28 heavy (non-hydrogen) atoms. The summed E-state index contributed by atoms with van der Waals surface area (Å²) >= 11 is 0. The normalized spacial score (nSPS) is 18.5. The number of phenolic OH excluding ortho intramolecular Hbond substituents is 1. The van der Waals surface area contributed by atoms with Gasteiger partial charge in [0, 0.05) is 28.8 Å². The second-order valence-electron chi connectivity index (χ2n) is 6.86. The lowest BCUT2D eigenvalue weighted by molar-refractivity contribution is 0.0224. The van der Waals surface area contributed by atoms with Gasteiger partial charge in [-0.3, -0.25) is 0 Å². The van der Waals surface area contributed by atoms with Crippen LogP contribution < -0.4 is 9.47 Å². The molecule has 5 rings (SSSR count). The van der Waals surface area contributed by atoms with E-state index in [1.807, 2.05) is 18.2 Å². The van der Waals surface area contributed by atoms with Gasteiger partial charge in [0.2, 0.25) is 0 Å². The van der Waals surface area contributed by atoms with Crippen molar-refractivity contribution in [1.29, 1.82) is 0 Å². The van der Waals surface area contributed by atoms with Crippen molar-refractivity contribution in [2.75, 3.05) is 0 Å². The van der Waals surface area contributed by atoms with Crippen molar-refractivity contribution in [2.45, 2.75) is 12.5 Å². The molecular weight excluding hydrogens is 356 g/mol. The molecule has 138 valence electrons. The molecule has 5 nitrogen and oxygen atoms in total. The van der Waals surface area contributed by atoms with E-state index in [9.17, 15) is 9.90 Å². The van der Waals surface area contributed by atoms with Crippen LogP contribution in [0.3, 0.4) is 0 Å².